The molecule has 13 heavy (non-hydrogen) atoms. The van der Waals surface area contributed by atoms with E-state index in [1.807, 2.05) is 0 Å². The molecule has 0 fully saturated rings. The largest absolute Gasteiger partial charge is 0.294 e. The average molecular weight is 183 g/mol. The van der Waals surface area contributed by atoms with Gasteiger partial charge < -0.3 is 0 Å². The van der Waals surface area contributed by atoms with Gasteiger partial charge in [0.05, 0.1) is 0 Å². The first-order valence-electron chi connectivity index (χ1n) is 4.95. The van der Waals surface area contributed by atoms with Crippen molar-refractivity contribution in [3.63, 3.8) is 0 Å². The highest BCUT2D eigenvalue weighted by atomic mass is 16.5. The van der Waals surface area contributed by atoms with Crippen molar-refractivity contribution in [2.45, 2.75) is 45.4 Å². The Bertz CT molecular complexity index is 221. The Hall–Kier alpha value is -0.830. The first-order valence-corrected chi connectivity index (χ1v) is 4.95. The van der Waals surface area contributed by atoms with Gasteiger partial charge >= 0.3 is 0 Å². The smallest absolute Gasteiger partial charge is 0.160 e. The fourth-order valence-electron chi connectivity index (χ4n) is 1.66. The van der Waals surface area contributed by atoms with E-state index < -0.39 is 0 Å². The zero-order chi connectivity index (χ0) is 9.68. The molecule has 1 rings (SSSR count). The van der Waals surface area contributed by atoms with Crippen LogP contribution in [0, 0.1) is 0 Å². The Kier molecular flexibility index (Phi) is 3.96. The summed E-state index contributed by atoms with van der Waals surface area (Å²) >= 11 is 0. The number of carbonyl (C=O) groups is 1. The van der Waals surface area contributed by atoms with Gasteiger partial charge in [0.1, 0.15) is 0 Å². The molecule has 0 aromatic rings. The molecular weight excluding hydrogens is 166 g/mol. The van der Waals surface area contributed by atoms with Crippen molar-refractivity contribution in [1.82, 2.24) is 5.48 Å². The minimum Gasteiger partial charge on any atom is -0.294 e. The van der Waals surface area contributed by atoms with E-state index in [-0.39, 0.29) is 5.78 Å². The number of hydrogen-bond acceptors (Lipinski definition) is 3. The van der Waals surface area contributed by atoms with Crippen LogP contribution in [0.1, 0.15) is 45.4 Å². The zero-order valence-corrected chi connectivity index (χ0v) is 8.10. The number of allylic oxidation sites excluding steroid dienone is 2. The number of carbonyl (C=O) groups excluding carboxylic acids is 1. The van der Waals surface area contributed by atoms with Gasteiger partial charge in [0.2, 0.25) is 0 Å². The lowest BCUT2D eigenvalue weighted by molar-refractivity contribution is -0.115. The number of rotatable bonds is 5. The molecule has 0 amide bonds. The van der Waals surface area contributed by atoms with Crippen LogP contribution >= 0.6 is 0 Å². The SMILES string of the molecule is CCCCC(=O)C1=C(NO)CCC1. The second-order valence-electron chi connectivity index (χ2n) is 3.45. The number of ketones is 1. The van der Waals surface area contributed by atoms with Gasteiger partial charge in [-0.1, -0.05) is 13.3 Å². The van der Waals surface area contributed by atoms with Crippen molar-refractivity contribution in [2.75, 3.05) is 0 Å². The van der Waals surface area contributed by atoms with Gasteiger partial charge in [-0.05, 0) is 25.7 Å². The molecule has 74 valence electrons. The summed E-state index contributed by atoms with van der Waals surface area (Å²) in [7, 11) is 0. The number of nitrogens with one attached hydrogen (secondary N) is 1. The summed E-state index contributed by atoms with van der Waals surface area (Å²) < 4.78 is 0. The highest BCUT2D eigenvalue weighted by molar-refractivity contribution is 5.96. The van der Waals surface area contributed by atoms with Crippen LogP contribution in [-0.4, -0.2) is 11.0 Å². The molecule has 2 N–H and O–H groups in total. The minimum absolute atomic E-state index is 0.205. The van der Waals surface area contributed by atoms with Gasteiger partial charge in [0.15, 0.2) is 5.78 Å². The lowest BCUT2D eigenvalue weighted by Gasteiger charge is -2.03. The van der Waals surface area contributed by atoms with E-state index in [1.165, 1.54) is 0 Å². The maximum Gasteiger partial charge on any atom is 0.160 e. The van der Waals surface area contributed by atoms with Gasteiger partial charge in [-0.2, -0.15) is 0 Å². The first kappa shape index (κ1) is 10.3. The summed E-state index contributed by atoms with van der Waals surface area (Å²) in [5.74, 6) is 0.205. The maximum atomic E-state index is 11.6. The van der Waals surface area contributed by atoms with Crippen molar-refractivity contribution in [1.29, 1.82) is 0 Å². The Morgan fingerprint density at radius 2 is 2.31 bits per heavy atom. The van der Waals surface area contributed by atoms with Crippen molar-refractivity contribution in [3.05, 3.63) is 11.3 Å². The molecule has 0 radical (unpaired) electrons. The third-order valence-electron chi connectivity index (χ3n) is 2.45. The molecule has 0 spiro atoms. The molecule has 0 bridgehead atoms. The van der Waals surface area contributed by atoms with Gasteiger partial charge in [-0.25, -0.2) is 0 Å². The van der Waals surface area contributed by atoms with E-state index in [4.69, 9.17) is 5.21 Å². The van der Waals surface area contributed by atoms with E-state index in [1.54, 1.807) is 0 Å². The Balaban J connectivity index is 2.54. The number of unbranched alkanes of at least 4 members (excludes halogenated alkanes) is 1. The lowest BCUT2D eigenvalue weighted by Crippen LogP contribution is -2.11. The first-order chi connectivity index (χ1) is 6.29. The molecule has 0 heterocycles. The molecule has 3 nitrogen and oxygen atoms in total. The summed E-state index contributed by atoms with van der Waals surface area (Å²) in [6.07, 6.45) is 5.23. The van der Waals surface area contributed by atoms with E-state index in [0.717, 1.165) is 43.4 Å². The van der Waals surface area contributed by atoms with E-state index in [9.17, 15) is 4.79 Å². The van der Waals surface area contributed by atoms with E-state index in [2.05, 4.69) is 12.4 Å². The Labute approximate surface area is 78.8 Å². The number of hydroxylamine groups is 1. The third-order valence-corrected chi connectivity index (χ3v) is 2.45. The Morgan fingerprint density at radius 3 is 2.92 bits per heavy atom. The highest BCUT2D eigenvalue weighted by Crippen LogP contribution is 2.25. The molecule has 0 saturated carbocycles. The fourth-order valence-corrected chi connectivity index (χ4v) is 1.66. The van der Waals surface area contributed by atoms with Gasteiger partial charge in [-0.15, -0.1) is 0 Å². The second-order valence-corrected chi connectivity index (χ2v) is 3.45. The molecule has 1 aliphatic carbocycles. The molecule has 0 aromatic heterocycles. The van der Waals surface area contributed by atoms with Crippen LogP contribution in [0.4, 0.5) is 0 Å². The molecule has 0 aliphatic heterocycles. The fraction of sp³-hybridized carbons (Fsp3) is 0.700. The Morgan fingerprint density at radius 1 is 1.54 bits per heavy atom. The zero-order valence-electron chi connectivity index (χ0n) is 8.10. The quantitative estimate of drug-likeness (QED) is 0.642. The monoisotopic (exact) mass is 183 g/mol. The molecule has 3 heteroatoms. The van der Waals surface area contributed by atoms with Crippen molar-refractivity contribution in [2.24, 2.45) is 0 Å². The summed E-state index contributed by atoms with van der Waals surface area (Å²) in [5.41, 5.74) is 3.68. The molecule has 0 saturated heterocycles. The third kappa shape index (κ3) is 2.56. The van der Waals surface area contributed by atoms with Crippen LogP contribution in [0.15, 0.2) is 11.3 Å². The van der Waals surface area contributed by atoms with Gasteiger partial charge in [0, 0.05) is 17.7 Å². The summed E-state index contributed by atoms with van der Waals surface area (Å²) in [6, 6.07) is 0. The normalized spacial score (nSPS) is 16.5. The number of hydrogen-bond donors (Lipinski definition) is 2. The predicted octanol–water partition coefficient (Wildman–Crippen LogP) is 2.16. The number of Topliss-reactive ketones (excluding diaryl/α,β-unsaturated/α-hetero) is 1. The van der Waals surface area contributed by atoms with Gasteiger partial charge in [0.25, 0.3) is 0 Å². The van der Waals surface area contributed by atoms with E-state index in [0.29, 0.717) is 6.42 Å². The minimum atomic E-state index is 0.205. The van der Waals surface area contributed by atoms with Crippen LogP contribution in [0.2, 0.25) is 0 Å². The molecule has 0 aromatic carbocycles. The van der Waals surface area contributed by atoms with Crippen LogP contribution in [0.25, 0.3) is 0 Å². The van der Waals surface area contributed by atoms with Gasteiger partial charge in [-0.3, -0.25) is 15.5 Å². The molecular formula is C10H17NO2. The summed E-state index contributed by atoms with van der Waals surface area (Å²) in [6.45, 7) is 2.07. The maximum absolute atomic E-state index is 11.6. The van der Waals surface area contributed by atoms with Crippen LogP contribution in [0.3, 0.4) is 0 Å². The highest BCUT2D eigenvalue weighted by Gasteiger charge is 2.19. The average Bonchev–Trinajstić information content (AvgIpc) is 2.61. The molecule has 0 atom stereocenters. The molecule has 1 aliphatic rings. The lowest BCUT2D eigenvalue weighted by atomic mass is 10.1. The summed E-state index contributed by atoms with van der Waals surface area (Å²) in [4.78, 5) is 11.6. The standard InChI is InChI=1S/C10H17NO2/c1-2-3-7-10(12)8-5-4-6-9(8)11-13/h11,13H,2-7H2,1H3. The predicted molar refractivity (Wildman–Crippen MR) is 50.3 cm³/mol. The van der Waals surface area contributed by atoms with Crippen molar-refractivity contribution in [3.8, 4) is 0 Å². The molecule has 0 unspecified atom stereocenters. The summed E-state index contributed by atoms with van der Waals surface area (Å²) in [5, 5.41) is 8.75. The van der Waals surface area contributed by atoms with E-state index >= 15 is 0 Å². The van der Waals surface area contributed by atoms with Crippen LogP contribution < -0.4 is 5.48 Å². The second kappa shape index (κ2) is 5.02. The van der Waals surface area contributed by atoms with Crippen molar-refractivity contribution >= 4 is 5.78 Å². The topological polar surface area (TPSA) is 49.3 Å². The van der Waals surface area contributed by atoms with Crippen LogP contribution in [-0.2, 0) is 4.79 Å². The van der Waals surface area contributed by atoms with Crippen LogP contribution in [0.5, 0.6) is 0 Å². The van der Waals surface area contributed by atoms with Crippen molar-refractivity contribution < 1.29 is 10.0 Å².